The normalized spacial score (nSPS) is 12.3. The highest BCUT2D eigenvalue weighted by Gasteiger charge is 2.36. The van der Waals surface area contributed by atoms with Gasteiger partial charge in [-0.1, -0.05) is 49.9 Å². The van der Waals surface area contributed by atoms with Gasteiger partial charge in [0.1, 0.15) is 5.75 Å². The number of ether oxygens (including phenoxy) is 1. The molecule has 1 aliphatic rings. The number of thiocarbonyl (C=S) groups is 1. The Morgan fingerprint density at radius 2 is 1.62 bits per heavy atom. The van der Waals surface area contributed by atoms with Gasteiger partial charge in [-0.15, -0.1) is 0 Å². The van der Waals surface area contributed by atoms with Crippen LogP contribution in [-0.2, 0) is 0 Å². The van der Waals surface area contributed by atoms with Crippen LogP contribution in [0, 0.1) is 0 Å². The highest BCUT2D eigenvalue weighted by Crippen LogP contribution is 2.32. The van der Waals surface area contributed by atoms with Crippen LogP contribution in [0.1, 0.15) is 63.7 Å². The first-order valence-electron chi connectivity index (χ1n) is 12.0. The molecule has 2 N–H and O–H groups in total. The molecule has 3 amide bonds. The van der Waals surface area contributed by atoms with Crippen molar-refractivity contribution >= 4 is 58.0 Å². The Balaban J connectivity index is 1.33. The number of amides is 3. The van der Waals surface area contributed by atoms with E-state index in [0.717, 1.165) is 17.7 Å². The van der Waals surface area contributed by atoms with Crippen molar-refractivity contribution in [1.82, 2.24) is 5.32 Å². The Morgan fingerprint density at radius 1 is 0.946 bits per heavy atom. The second kappa shape index (κ2) is 12.0. The van der Waals surface area contributed by atoms with E-state index >= 15 is 0 Å². The predicted octanol–water partition coefficient (Wildman–Crippen LogP) is 6.23. The lowest BCUT2D eigenvalue weighted by molar-refractivity contribution is 0.0923. The van der Waals surface area contributed by atoms with Gasteiger partial charge in [0.2, 0.25) is 0 Å². The molecule has 0 radical (unpaired) electrons. The smallest absolute Gasteiger partial charge is 0.266 e. The molecule has 0 unspecified atom stereocenters. The number of fused-ring (bicyclic) bond motifs is 1. The van der Waals surface area contributed by atoms with Gasteiger partial charge in [-0.2, -0.15) is 0 Å². The molecule has 0 fully saturated rings. The SMILES string of the molecule is CCCCCCOc1ccc(C(=O)NC(=S)Nc2ccc(N3C(=O)c4ccccc4C3=O)cc2Cl)cc1. The third kappa shape index (κ3) is 6.15. The summed E-state index contributed by atoms with van der Waals surface area (Å²) >= 11 is 11.7. The van der Waals surface area contributed by atoms with Crippen LogP contribution in [0.15, 0.2) is 66.7 Å². The standard InChI is InChI=1S/C28H26ClN3O4S/c1-2-3-4-7-16-36-20-13-10-18(11-14-20)25(33)31-28(37)30-24-15-12-19(17-23(24)29)32-26(34)21-8-5-6-9-22(21)27(32)35/h5-6,8-15,17H,2-4,7,16H2,1H3,(H2,30,31,33,37). The molecule has 0 bridgehead atoms. The zero-order chi connectivity index (χ0) is 26.4. The van der Waals surface area contributed by atoms with Crippen LogP contribution >= 0.6 is 23.8 Å². The Labute approximate surface area is 225 Å². The van der Waals surface area contributed by atoms with E-state index in [1.54, 1.807) is 60.7 Å². The van der Waals surface area contributed by atoms with Gasteiger partial charge >= 0.3 is 0 Å². The number of imide groups is 1. The molecular weight excluding hydrogens is 510 g/mol. The van der Waals surface area contributed by atoms with E-state index in [0.29, 0.717) is 40.4 Å². The molecule has 3 aromatic rings. The third-order valence-electron chi connectivity index (χ3n) is 5.86. The van der Waals surface area contributed by atoms with Crippen LogP contribution in [0.3, 0.4) is 0 Å². The van der Waals surface area contributed by atoms with Crippen LogP contribution in [0.2, 0.25) is 5.02 Å². The first-order chi connectivity index (χ1) is 17.9. The zero-order valence-corrected chi connectivity index (χ0v) is 21.8. The average molecular weight is 536 g/mol. The minimum Gasteiger partial charge on any atom is -0.494 e. The number of nitrogens with zero attached hydrogens (tertiary/aromatic N) is 1. The molecule has 4 rings (SSSR count). The minimum atomic E-state index is -0.409. The average Bonchev–Trinajstić information content (AvgIpc) is 3.15. The number of hydrogen-bond donors (Lipinski definition) is 2. The van der Waals surface area contributed by atoms with Crippen LogP contribution in [0.4, 0.5) is 11.4 Å². The van der Waals surface area contributed by atoms with Crippen molar-refractivity contribution < 1.29 is 19.1 Å². The van der Waals surface area contributed by atoms with E-state index in [2.05, 4.69) is 17.6 Å². The van der Waals surface area contributed by atoms with Crippen molar-refractivity contribution in [2.24, 2.45) is 0 Å². The second-order valence-corrected chi connectivity index (χ2v) is 9.31. The number of carbonyl (C=O) groups excluding carboxylic acids is 3. The number of unbranched alkanes of at least 4 members (excludes halogenated alkanes) is 3. The Kier molecular flexibility index (Phi) is 8.53. The van der Waals surface area contributed by atoms with Crippen molar-refractivity contribution in [1.29, 1.82) is 0 Å². The fourth-order valence-electron chi connectivity index (χ4n) is 3.92. The summed E-state index contributed by atoms with van der Waals surface area (Å²) in [7, 11) is 0. The van der Waals surface area contributed by atoms with Gasteiger partial charge in [0.25, 0.3) is 17.7 Å². The van der Waals surface area contributed by atoms with Gasteiger partial charge in [0, 0.05) is 5.56 Å². The third-order valence-corrected chi connectivity index (χ3v) is 6.38. The molecule has 0 aromatic heterocycles. The first-order valence-corrected chi connectivity index (χ1v) is 12.8. The van der Waals surface area contributed by atoms with Crippen molar-refractivity contribution in [3.63, 3.8) is 0 Å². The van der Waals surface area contributed by atoms with Gasteiger partial charge < -0.3 is 10.1 Å². The van der Waals surface area contributed by atoms with Gasteiger partial charge in [-0.05, 0) is 73.2 Å². The van der Waals surface area contributed by atoms with Gasteiger partial charge in [0.05, 0.1) is 34.1 Å². The Bertz CT molecular complexity index is 1310. The second-order valence-electron chi connectivity index (χ2n) is 8.50. The van der Waals surface area contributed by atoms with E-state index in [1.165, 1.54) is 18.9 Å². The number of benzene rings is 3. The summed E-state index contributed by atoms with van der Waals surface area (Å²) in [6, 6.07) is 18.2. The summed E-state index contributed by atoms with van der Waals surface area (Å²) in [6.07, 6.45) is 4.50. The summed E-state index contributed by atoms with van der Waals surface area (Å²) in [5.41, 5.74) is 1.88. The summed E-state index contributed by atoms with van der Waals surface area (Å²) in [6.45, 7) is 2.81. The molecule has 190 valence electrons. The van der Waals surface area contributed by atoms with Crippen molar-refractivity contribution in [2.75, 3.05) is 16.8 Å². The molecule has 0 aliphatic carbocycles. The van der Waals surface area contributed by atoms with Crippen LogP contribution in [0.5, 0.6) is 5.75 Å². The predicted molar refractivity (Wildman–Crippen MR) is 149 cm³/mol. The van der Waals surface area contributed by atoms with Crippen LogP contribution in [0.25, 0.3) is 0 Å². The van der Waals surface area contributed by atoms with E-state index in [4.69, 9.17) is 28.6 Å². The lowest BCUT2D eigenvalue weighted by Crippen LogP contribution is -2.34. The maximum atomic E-state index is 12.7. The number of rotatable bonds is 9. The number of hydrogen-bond acceptors (Lipinski definition) is 5. The molecule has 1 heterocycles. The van der Waals surface area contributed by atoms with E-state index in [-0.39, 0.29) is 16.0 Å². The van der Waals surface area contributed by atoms with E-state index in [1.807, 2.05) is 0 Å². The van der Waals surface area contributed by atoms with Crippen molar-refractivity contribution in [3.05, 3.63) is 88.4 Å². The van der Waals surface area contributed by atoms with Gasteiger partial charge in [0.15, 0.2) is 5.11 Å². The molecule has 0 saturated heterocycles. The molecule has 37 heavy (non-hydrogen) atoms. The fourth-order valence-corrected chi connectivity index (χ4v) is 4.34. The van der Waals surface area contributed by atoms with Gasteiger partial charge in [-0.25, -0.2) is 4.90 Å². The summed E-state index contributed by atoms with van der Waals surface area (Å²) in [5.74, 6) is -0.495. The topological polar surface area (TPSA) is 87.7 Å². The fraction of sp³-hybridized carbons (Fsp3) is 0.214. The number of carbonyl (C=O) groups is 3. The van der Waals surface area contributed by atoms with Gasteiger partial charge in [-0.3, -0.25) is 19.7 Å². The molecule has 7 nitrogen and oxygen atoms in total. The Morgan fingerprint density at radius 3 is 2.24 bits per heavy atom. The monoisotopic (exact) mass is 535 g/mol. The van der Waals surface area contributed by atoms with E-state index in [9.17, 15) is 14.4 Å². The number of halogens is 1. The van der Waals surface area contributed by atoms with Crippen LogP contribution in [-0.4, -0.2) is 29.4 Å². The number of nitrogens with one attached hydrogen (secondary N) is 2. The summed E-state index contributed by atoms with van der Waals surface area (Å²) in [5, 5.41) is 5.78. The van der Waals surface area contributed by atoms with Crippen LogP contribution < -0.4 is 20.3 Å². The maximum Gasteiger partial charge on any atom is 0.266 e. The minimum absolute atomic E-state index is 0.0524. The summed E-state index contributed by atoms with van der Waals surface area (Å²) < 4.78 is 5.71. The van der Waals surface area contributed by atoms with Crippen molar-refractivity contribution in [2.45, 2.75) is 32.6 Å². The molecule has 0 saturated carbocycles. The van der Waals surface area contributed by atoms with Crippen molar-refractivity contribution in [3.8, 4) is 5.75 Å². The Hall–Kier alpha value is -3.75. The maximum absolute atomic E-state index is 12.7. The van der Waals surface area contributed by atoms with E-state index < -0.39 is 11.8 Å². The highest BCUT2D eigenvalue weighted by atomic mass is 35.5. The molecular formula is C28H26ClN3O4S. The first kappa shape index (κ1) is 26.3. The molecule has 0 atom stereocenters. The number of anilines is 2. The molecule has 9 heteroatoms. The highest BCUT2D eigenvalue weighted by molar-refractivity contribution is 7.80. The lowest BCUT2D eigenvalue weighted by atomic mass is 10.1. The largest absolute Gasteiger partial charge is 0.494 e. The zero-order valence-electron chi connectivity index (χ0n) is 20.3. The summed E-state index contributed by atoms with van der Waals surface area (Å²) in [4.78, 5) is 39.1. The molecule has 1 aliphatic heterocycles. The lowest BCUT2D eigenvalue weighted by Gasteiger charge is -2.16. The molecule has 0 spiro atoms. The quantitative estimate of drug-likeness (QED) is 0.192. The molecule has 3 aromatic carbocycles.